The number of carboxylic acids is 1. The van der Waals surface area contributed by atoms with Crippen molar-refractivity contribution in [1.29, 1.82) is 0 Å². The number of allylic oxidation sites excluding steroid dienone is 1. The summed E-state index contributed by atoms with van der Waals surface area (Å²) in [5.74, 6) is -1.39. The summed E-state index contributed by atoms with van der Waals surface area (Å²) in [7, 11) is 0. The van der Waals surface area contributed by atoms with Crippen LogP contribution >= 0.6 is 0 Å². The van der Waals surface area contributed by atoms with E-state index in [1.165, 1.54) is 12.5 Å². The van der Waals surface area contributed by atoms with Crippen LogP contribution in [0.4, 0.5) is 5.69 Å². The molecule has 1 aliphatic heterocycles. The summed E-state index contributed by atoms with van der Waals surface area (Å²) in [6, 6.07) is 4.05. The lowest BCUT2D eigenvalue weighted by atomic mass is 9.97. The van der Waals surface area contributed by atoms with Crippen molar-refractivity contribution in [3.8, 4) is 0 Å². The molecule has 0 aromatic heterocycles. The molecule has 0 radical (unpaired) electrons. The van der Waals surface area contributed by atoms with Crippen molar-refractivity contribution in [2.45, 2.75) is 51.0 Å². The minimum Gasteiger partial charge on any atom is -0.478 e. The molecule has 0 saturated heterocycles. The number of rotatable bonds is 4. The van der Waals surface area contributed by atoms with Crippen molar-refractivity contribution < 1.29 is 19.5 Å². The van der Waals surface area contributed by atoms with Gasteiger partial charge >= 0.3 is 5.97 Å². The number of anilines is 1. The summed E-state index contributed by atoms with van der Waals surface area (Å²) in [6.07, 6.45) is 7.72. The Labute approximate surface area is 146 Å². The van der Waals surface area contributed by atoms with Gasteiger partial charge in [-0.05, 0) is 62.3 Å². The number of hydrogen-bond donors (Lipinski definition) is 3. The molecule has 1 aliphatic carbocycles. The zero-order chi connectivity index (χ0) is 17.8. The molecule has 1 atom stereocenters. The van der Waals surface area contributed by atoms with E-state index in [1.807, 2.05) is 0 Å². The number of carboxylic acid groups (broad SMARTS) is 1. The summed E-state index contributed by atoms with van der Waals surface area (Å²) >= 11 is 0. The number of carbonyl (C=O) groups excluding carboxylic acids is 2. The van der Waals surface area contributed by atoms with Crippen LogP contribution in [0.15, 0.2) is 29.8 Å². The van der Waals surface area contributed by atoms with Crippen LogP contribution in [0.5, 0.6) is 0 Å². The lowest BCUT2D eigenvalue weighted by Gasteiger charge is -2.17. The molecule has 25 heavy (non-hydrogen) atoms. The normalized spacial score (nSPS) is 19.9. The molecule has 0 bridgehead atoms. The number of nitrogens with one attached hydrogen (secondary N) is 2. The van der Waals surface area contributed by atoms with Crippen LogP contribution in [0.1, 0.15) is 54.4 Å². The van der Waals surface area contributed by atoms with E-state index in [0.29, 0.717) is 24.9 Å². The van der Waals surface area contributed by atoms with Gasteiger partial charge in [-0.3, -0.25) is 9.59 Å². The highest BCUT2D eigenvalue weighted by atomic mass is 16.4. The van der Waals surface area contributed by atoms with E-state index < -0.39 is 12.0 Å². The number of aryl methyl sites for hydroxylation is 1. The summed E-state index contributed by atoms with van der Waals surface area (Å²) in [4.78, 5) is 35.7. The SMILES string of the molecule is O=C(CC1=CCCCC1)NC1CCc2cc(C(=O)O)ccc2NC1=O. The van der Waals surface area contributed by atoms with Gasteiger partial charge in [-0.2, -0.15) is 0 Å². The van der Waals surface area contributed by atoms with E-state index in [9.17, 15) is 14.4 Å². The van der Waals surface area contributed by atoms with Crippen molar-refractivity contribution in [3.05, 3.63) is 41.0 Å². The van der Waals surface area contributed by atoms with Crippen LogP contribution in [0, 0.1) is 0 Å². The number of fused-ring (bicyclic) bond motifs is 1. The number of amides is 2. The molecule has 0 saturated carbocycles. The maximum absolute atomic E-state index is 12.4. The van der Waals surface area contributed by atoms with E-state index in [1.54, 1.807) is 12.1 Å². The zero-order valence-corrected chi connectivity index (χ0v) is 14.0. The zero-order valence-electron chi connectivity index (χ0n) is 14.0. The Bertz CT molecular complexity index is 739. The van der Waals surface area contributed by atoms with Crippen LogP contribution < -0.4 is 10.6 Å². The van der Waals surface area contributed by atoms with Crippen LogP contribution in [0.3, 0.4) is 0 Å². The number of hydrogen-bond acceptors (Lipinski definition) is 3. The molecule has 0 fully saturated rings. The molecule has 1 heterocycles. The van der Waals surface area contributed by atoms with Gasteiger partial charge in [-0.15, -0.1) is 0 Å². The Kier molecular flexibility index (Phi) is 5.16. The van der Waals surface area contributed by atoms with Gasteiger partial charge in [0.25, 0.3) is 0 Å². The van der Waals surface area contributed by atoms with Crippen LogP contribution in [-0.4, -0.2) is 28.9 Å². The molecule has 3 rings (SSSR count). The van der Waals surface area contributed by atoms with E-state index >= 15 is 0 Å². The Morgan fingerprint density at radius 2 is 2.08 bits per heavy atom. The van der Waals surface area contributed by atoms with Crippen molar-refractivity contribution in [2.24, 2.45) is 0 Å². The summed E-state index contributed by atoms with van der Waals surface area (Å²) in [5, 5.41) is 14.7. The molecular weight excluding hydrogens is 320 g/mol. The third kappa shape index (κ3) is 4.26. The monoisotopic (exact) mass is 342 g/mol. The second-order valence-electron chi connectivity index (χ2n) is 6.61. The Balaban J connectivity index is 1.64. The minimum atomic E-state index is -0.996. The molecular formula is C19H22N2O4. The molecule has 3 N–H and O–H groups in total. The molecule has 6 heteroatoms. The smallest absolute Gasteiger partial charge is 0.335 e. The summed E-state index contributed by atoms with van der Waals surface area (Å²) in [5.41, 5.74) is 2.73. The highest BCUT2D eigenvalue weighted by Crippen LogP contribution is 2.24. The fourth-order valence-electron chi connectivity index (χ4n) is 3.36. The standard InChI is InChI=1S/C19H22N2O4/c22-17(10-12-4-2-1-3-5-12)20-16-9-6-13-11-14(19(24)25)7-8-15(13)21-18(16)23/h4,7-8,11,16H,1-3,5-6,9-10H2,(H,20,22)(H,21,23)(H,24,25). The maximum atomic E-state index is 12.4. The molecule has 1 aromatic rings. The van der Waals surface area contributed by atoms with Crippen molar-refractivity contribution in [1.82, 2.24) is 5.32 Å². The van der Waals surface area contributed by atoms with E-state index in [-0.39, 0.29) is 17.4 Å². The number of benzene rings is 1. The van der Waals surface area contributed by atoms with Crippen LogP contribution in [0.25, 0.3) is 0 Å². The molecule has 132 valence electrons. The van der Waals surface area contributed by atoms with E-state index in [0.717, 1.165) is 30.4 Å². The van der Waals surface area contributed by atoms with Gasteiger partial charge in [-0.25, -0.2) is 4.79 Å². The average molecular weight is 342 g/mol. The van der Waals surface area contributed by atoms with Crippen LogP contribution in [-0.2, 0) is 16.0 Å². The second-order valence-corrected chi connectivity index (χ2v) is 6.61. The van der Waals surface area contributed by atoms with Gasteiger partial charge in [0, 0.05) is 12.1 Å². The average Bonchev–Trinajstić information content (AvgIpc) is 2.74. The first kappa shape index (κ1) is 17.2. The van der Waals surface area contributed by atoms with Gasteiger partial charge in [0.15, 0.2) is 0 Å². The highest BCUT2D eigenvalue weighted by molar-refractivity contribution is 5.99. The maximum Gasteiger partial charge on any atom is 0.335 e. The summed E-state index contributed by atoms with van der Waals surface area (Å²) in [6.45, 7) is 0. The molecule has 2 amide bonds. The van der Waals surface area contributed by atoms with Crippen molar-refractivity contribution >= 4 is 23.5 Å². The van der Waals surface area contributed by atoms with Gasteiger partial charge in [0.2, 0.25) is 11.8 Å². The molecule has 1 aromatic carbocycles. The first-order valence-corrected chi connectivity index (χ1v) is 8.67. The lowest BCUT2D eigenvalue weighted by molar-refractivity contribution is -0.126. The topological polar surface area (TPSA) is 95.5 Å². The predicted molar refractivity (Wildman–Crippen MR) is 93.5 cm³/mol. The third-order valence-corrected chi connectivity index (χ3v) is 4.74. The quantitative estimate of drug-likeness (QED) is 0.733. The first-order valence-electron chi connectivity index (χ1n) is 8.67. The fourth-order valence-corrected chi connectivity index (χ4v) is 3.36. The first-order chi connectivity index (χ1) is 12.0. The van der Waals surface area contributed by atoms with Gasteiger partial charge in [-0.1, -0.05) is 11.6 Å². The third-order valence-electron chi connectivity index (χ3n) is 4.74. The van der Waals surface area contributed by atoms with Crippen LogP contribution in [0.2, 0.25) is 0 Å². The number of carbonyl (C=O) groups is 3. The van der Waals surface area contributed by atoms with Gasteiger partial charge in [0.05, 0.1) is 5.56 Å². The molecule has 1 unspecified atom stereocenters. The van der Waals surface area contributed by atoms with Gasteiger partial charge < -0.3 is 15.7 Å². The highest BCUT2D eigenvalue weighted by Gasteiger charge is 2.26. The van der Waals surface area contributed by atoms with Gasteiger partial charge in [0.1, 0.15) is 6.04 Å². The minimum absolute atomic E-state index is 0.134. The summed E-state index contributed by atoms with van der Waals surface area (Å²) < 4.78 is 0. The van der Waals surface area contributed by atoms with Crippen molar-refractivity contribution in [3.63, 3.8) is 0 Å². The Morgan fingerprint density at radius 3 is 2.80 bits per heavy atom. The van der Waals surface area contributed by atoms with Crippen molar-refractivity contribution in [2.75, 3.05) is 5.32 Å². The molecule has 6 nitrogen and oxygen atoms in total. The Hall–Kier alpha value is -2.63. The van der Waals surface area contributed by atoms with E-state index in [4.69, 9.17) is 5.11 Å². The van der Waals surface area contributed by atoms with E-state index in [2.05, 4.69) is 16.7 Å². The number of aromatic carboxylic acids is 1. The largest absolute Gasteiger partial charge is 0.478 e. The predicted octanol–water partition coefficient (Wildman–Crippen LogP) is 2.64. The Morgan fingerprint density at radius 1 is 1.24 bits per heavy atom. The second kappa shape index (κ2) is 7.51. The fraction of sp³-hybridized carbons (Fsp3) is 0.421. The lowest BCUT2D eigenvalue weighted by Crippen LogP contribution is -2.43. The molecule has 2 aliphatic rings. The molecule has 0 spiro atoms.